The number of thioether (sulfide) groups is 1. The molecule has 6 nitrogen and oxygen atoms in total. The van der Waals surface area contributed by atoms with E-state index in [0.29, 0.717) is 30.1 Å². The lowest BCUT2D eigenvalue weighted by molar-refractivity contribution is 0.0723. The molecule has 0 saturated carbocycles. The summed E-state index contributed by atoms with van der Waals surface area (Å²) in [6.07, 6.45) is 2.78. The van der Waals surface area contributed by atoms with E-state index in [-0.39, 0.29) is 17.7 Å². The first-order valence-electron chi connectivity index (χ1n) is 9.46. The second-order valence-electron chi connectivity index (χ2n) is 6.90. The van der Waals surface area contributed by atoms with Crippen molar-refractivity contribution in [3.8, 4) is 17.0 Å². The summed E-state index contributed by atoms with van der Waals surface area (Å²) in [5, 5.41) is 17.7. The van der Waals surface area contributed by atoms with Crippen LogP contribution < -0.4 is 0 Å². The molecule has 1 aliphatic heterocycles. The number of hydrogen-bond acceptors (Lipinski definition) is 5. The fraction of sp³-hybridized carbons (Fsp3) is 0.273. The van der Waals surface area contributed by atoms with Crippen molar-refractivity contribution in [3.05, 3.63) is 65.4 Å². The summed E-state index contributed by atoms with van der Waals surface area (Å²) >= 11 is 1.68. The number of aromatic nitrogens is 2. The molecule has 150 valence electrons. The Morgan fingerprint density at radius 3 is 2.66 bits per heavy atom. The molecular formula is C22H23N3O3S. The highest BCUT2D eigenvalue weighted by molar-refractivity contribution is 7.98. The van der Waals surface area contributed by atoms with Crippen molar-refractivity contribution in [3.63, 3.8) is 0 Å². The Balaban J connectivity index is 1.82. The molecule has 1 amide bonds. The standard InChI is InChI=1S/C22H23N3O3S/c1-28-13-5-12-25-21(14-8-10-15(29-2)11-9-14)18-19(23-24-20(18)22(25)27)16-6-3-4-7-17(16)26/h3-4,6-11,21,26H,5,12-13H2,1-2H3,(H,23,24)/t21-/m0/s1. The number of H-pyrrole nitrogens is 1. The van der Waals surface area contributed by atoms with E-state index in [9.17, 15) is 9.90 Å². The Morgan fingerprint density at radius 1 is 1.21 bits per heavy atom. The minimum atomic E-state index is -0.265. The van der Waals surface area contributed by atoms with E-state index in [1.165, 1.54) is 0 Å². The third kappa shape index (κ3) is 3.52. The normalized spacial score (nSPS) is 15.7. The number of methoxy groups -OCH3 is 1. The molecule has 4 rings (SSSR count). The van der Waals surface area contributed by atoms with E-state index in [1.54, 1.807) is 31.0 Å². The Kier molecular flexibility index (Phi) is 5.60. The number of rotatable bonds is 7. The van der Waals surface area contributed by atoms with Gasteiger partial charge in [-0.25, -0.2) is 0 Å². The number of benzene rings is 2. The van der Waals surface area contributed by atoms with Gasteiger partial charge in [-0.05, 0) is 42.5 Å². The van der Waals surface area contributed by atoms with Crippen LogP contribution in [-0.2, 0) is 4.74 Å². The number of phenolic OH excluding ortho intramolecular Hbond substituents is 1. The zero-order valence-corrected chi connectivity index (χ0v) is 17.2. The van der Waals surface area contributed by atoms with Crippen molar-refractivity contribution in [1.82, 2.24) is 15.1 Å². The predicted octanol–water partition coefficient (Wildman–Crippen LogP) is 4.09. The third-order valence-electron chi connectivity index (χ3n) is 5.20. The van der Waals surface area contributed by atoms with Crippen molar-refractivity contribution in [1.29, 1.82) is 0 Å². The lowest BCUT2D eigenvalue weighted by Gasteiger charge is -2.26. The first-order valence-corrected chi connectivity index (χ1v) is 10.7. The minimum absolute atomic E-state index is 0.0794. The quantitative estimate of drug-likeness (QED) is 0.454. The van der Waals surface area contributed by atoms with E-state index >= 15 is 0 Å². The Labute approximate surface area is 173 Å². The average molecular weight is 410 g/mol. The van der Waals surface area contributed by atoms with Crippen LogP contribution in [0.4, 0.5) is 0 Å². The molecule has 7 heteroatoms. The lowest BCUT2D eigenvalue weighted by Crippen LogP contribution is -2.31. The number of para-hydroxylation sites is 1. The molecule has 0 unspecified atom stereocenters. The number of fused-ring (bicyclic) bond motifs is 1. The van der Waals surface area contributed by atoms with Gasteiger partial charge in [0.2, 0.25) is 0 Å². The SMILES string of the molecule is COCCCN1C(=O)c2[nH]nc(-c3ccccc3O)c2[C@@H]1c1ccc(SC)cc1. The fourth-order valence-corrected chi connectivity index (χ4v) is 4.23. The van der Waals surface area contributed by atoms with Gasteiger partial charge in [0.05, 0.1) is 6.04 Å². The molecule has 2 heterocycles. The molecule has 0 radical (unpaired) electrons. The van der Waals surface area contributed by atoms with Crippen molar-refractivity contribution in [2.75, 3.05) is 26.5 Å². The summed E-state index contributed by atoms with van der Waals surface area (Å²) in [5.41, 5.74) is 3.54. The Hall–Kier alpha value is -2.77. The lowest BCUT2D eigenvalue weighted by atomic mass is 9.95. The monoisotopic (exact) mass is 409 g/mol. The molecule has 0 saturated heterocycles. The van der Waals surface area contributed by atoms with Crippen LogP contribution in [0, 0.1) is 0 Å². The van der Waals surface area contributed by atoms with Gasteiger partial charge in [-0.15, -0.1) is 11.8 Å². The van der Waals surface area contributed by atoms with Crippen LogP contribution in [0.5, 0.6) is 5.75 Å². The van der Waals surface area contributed by atoms with Crippen LogP contribution >= 0.6 is 11.8 Å². The molecule has 29 heavy (non-hydrogen) atoms. The van der Waals surface area contributed by atoms with Gasteiger partial charge >= 0.3 is 0 Å². The molecule has 2 aromatic carbocycles. The summed E-state index contributed by atoms with van der Waals surface area (Å²) < 4.78 is 5.18. The largest absolute Gasteiger partial charge is 0.507 e. The van der Waals surface area contributed by atoms with Crippen LogP contribution in [-0.4, -0.2) is 52.6 Å². The number of phenols is 1. The van der Waals surface area contributed by atoms with E-state index in [4.69, 9.17) is 4.74 Å². The topological polar surface area (TPSA) is 78.5 Å². The molecule has 2 N–H and O–H groups in total. The second kappa shape index (κ2) is 8.31. The fourth-order valence-electron chi connectivity index (χ4n) is 3.82. The first kappa shape index (κ1) is 19.5. The highest BCUT2D eigenvalue weighted by atomic mass is 32.2. The molecular weight excluding hydrogens is 386 g/mol. The van der Waals surface area contributed by atoms with Gasteiger partial charge in [0.15, 0.2) is 0 Å². The number of carbonyl (C=O) groups excluding carboxylic acids is 1. The molecule has 0 fully saturated rings. The van der Waals surface area contributed by atoms with E-state index in [1.807, 2.05) is 23.3 Å². The number of aromatic hydroxyl groups is 1. The third-order valence-corrected chi connectivity index (χ3v) is 5.95. The molecule has 1 aromatic heterocycles. The highest BCUT2D eigenvalue weighted by Crippen LogP contribution is 2.44. The smallest absolute Gasteiger partial charge is 0.273 e. The number of hydrogen-bond donors (Lipinski definition) is 2. The van der Waals surface area contributed by atoms with Crippen LogP contribution in [0.3, 0.4) is 0 Å². The maximum atomic E-state index is 13.2. The van der Waals surface area contributed by atoms with Crippen molar-refractivity contribution in [2.45, 2.75) is 17.4 Å². The van der Waals surface area contributed by atoms with Crippen LogP contribution in [0.15, 0.2) is 53.4 Å². The summed E-state index contributed by atoms with van der Waals surface area (Å²) in [5.74, 6) is 0.0628. The minimum Gasteiger partial charge on any atom is -0.507 e. The van der Waals surface area contributed by atoms with Gasteiger partial charge in [0, 0.05) is 36.3 Å². The molecule has 0 bridgehead atoms. The molecule has 0 spiro atoms. The predicted molar refractivity (Wildman–Crippen MR) is 113 cm³/mol. The Bertz CT molecular complexity index is 1020. The number of carbonyl (C=O) groups is 1. The zero-order valence-electron chi connectivity index (χ0n) is 16.4. The molecule has 1 atom stereocenters. The summed E-state index contributed by atoms with van der Waals surface area (Å²) in [4.78, 5) is 16.2. The van der Waals surface area contributed by atoms with Gasteiger partial charge < -0.3 is 14.7 Å². The molecule has 1 aliphatic rings. The van der Waals surface area contributed by atoms with E-state index in [2.05, 4.69) is 34.5 Å². The van der Waals surface area contributed by atoms with Gasteiger partial charge in [-0.2, -0.15) is 5.10 Å². The van der Waals surface area contributed by atoms with Gasteiger partial charge in [-0.1, -0.05) is 24.3 Å². The molecule has 0 aliphatic carbocycles. The van der Waals surface area contributed by atoms with Crippen molar-refractivity contribution < 1.29 is 14.6 Å². The van der Waals surface area contributed by atoms with Crippen molar-refractivity contribution >= 4 is 17.7 Å². The average Bonchev–Trinajstić information content (AvgIpc) is 3.28. The molecule has 3 aromatic rings. The van der Waals surface area contributed by atoms with Gasteiger partial charge in [0.25, 0.3) is 5.91 Å². The highest BCUT2D eigenvalue weighted by Gasteiger charge is 2.42. The van der Waals surface area contributed by atoms with Gasteiger partial charge in [-0.3, -0.25) is 9.89 Å². The number of aromatic amines is 1. The maximum Gasteiger partial charge on any atom is 0.273 e. The van der Waals surface area contributed by atoms with Crippen LogP contribution in [0.25, 0.3) is 11.3 Å². The second-order valence-corrected chi connectivity index (χ2v) is 7.78. The Morgan fingerprint density at radius 2 is 1.97 bits per heavy atom. The van der Waals surface area contributed by atoms with Crippen molar-refractivity contribution in [2.24, 2.45) is 0 Å². The van der Waals surface area contributed by atoms with Gasteiger partial charge in [0.1, 0.15) is 17.1 Å². The zero-order chi connectivity index (χ0) is 20.4. The maximum absolute atomic E-state index is 13.2. The summed E-state index contributed by atoms with van der Waals surface area (Å²) in [6.45, 7) is 1.16. The number of amides is 1. The number of nitrogens with zero attached hydrogens (tertiary/aromatic N) is 2. The first-order chi connectivity index (χ1) is 14.2. The summed E-state index contributed by atoms with van der Waals surface area (Å²) in [6, 6.07) is 15.1. The number of ether oxygens (including phenoxy) is 1. The number of nitrogens with one attached hydrogen (secondary N) is 1. The van der Waals surface area contributed by atoms with Crippen LogP contribution in [0.1, 0.15) is 34.1 Å². The van der Waals surface area contributed by atoms with E-state index < -0.39 is 0 Å². The van der Waals surface area contributed by atoms with E-state index in [0.717, 1.165) is 22.4 Å². The van der Waals surface area contributed by atoms with Crippen LogP contribution in [0.2, 0.25) is 0 Å². The summed E-state index contributed by atoms with van der Waals surface area (Å²) in [7, 11) is 1.66.